The maximum Gasteiger partial charge on any atom is 0.167 e. The van der Waals surface area contributed by atoms with Crippen molar-refractivity contribution in [1.29, 1.82) is 0 Å². The van der Waals surface area contributed by atoms with Gasteiger partial charge in [0.1, 0.15) is 25.7 Å². The van der Waals surface area contributed by atoms with Gasteiger partial charge in [0.2, 0.25) is 0 Å². The molecule has 1 saturated heterocycles. The van der Waals surface area contributed by atoms with Crippen LogP contribution < -0.4 is 0 Å². The van der Waals surface area contributed by atoms with Crippen molar-refractivity contribution in [3.05, 3.63) is 59.8 Å². The Morgan fingerprint density at radius 2 is 2.03 bits per heavy atom. The van der Waals surface area contributed by atoms with Gasteiger partial charge in [-0.05, 0) is 50.5 Å². The minimum Gasteiger partial charge on any atom is -0.356 e. The molecule has 6 nitrogen and oxygen atoms in total. The van der Waals surface area contributed by atoms with E-state index in [0.717, 1.165) is 54.3 Å². The molecule has 0 bridgehead atoms. The molecular formula is C25H31N3O3Si. The zero-order valence-corrected chi connectivity index (χ0v) is 20.3. The highest BCUT2D eigenvalue weighted by atomic mass is 28.3. The van der Waals surface area contributed by atoms with Gasteiger partial charge in [0.05, 0.1) is 6.54 Å². The van der Waals surface area contributed by atoms with Gasteiger partial charge in [-0.15, -0.1) is 5.54 Å². The molecule has 3 aromatic rings. The van der Waals surface area contributed by atoms with Crippen LogP contribution in [0, 0.1) is 11.5 Å². The average molecular weight is 450 g/mol. The van der Waals surface area contributed by atoms with E-state index in [9.17, 15) is 0 Å². The molecule has 3 heterocycles. The number of benzene rings is 1. The molecule has 1 fully saturated rings. The number of nitrogens with zero attached hydrogens (tertiary/aromatic N) is 3. The summed E-state index contributed by atoms with van der Waals surface area (Å²) in [5, 5.41) is 4.26. The first-order valence-electron chi connectivity index (χ1n) is 11.2. The van der Waals surface area contributed by atoms with Crippen LogP contribution in [0.25, 0.3) is 11.3 Å². The first-order chi connectivity index (χ1) is 15.4. The van der Waals surface area contributed by atoms with Crippen molar-refractivity contribution >= 4 is 8.07 Å². The van der Waals surface area contributed by atoms with Crippen molar-refractivity contribution < 1.29 is 14.0 Å². The summed E-state index contributed by atoms with van der Waals surface area (Å²) in [7, 11) is -1.38. The van der Waals surface area contributed by atoms with E-state index < -0.39 is 8.07 Å². The van der Waals surface area contributed by atoms with Crippen molar-refractivity contribution in [3.8, 4) is 22.8 Å². The van der Waals surface area contributed by atoms with Crippen LogP contribution in [0.15, 0.2) is 47.2 Å². The lowest BCUT2D eigenvalue weighted by molar-refractivity contribution is -0.188. The Labute approximate surface area is 190 Å². The van der Waals surface area contributed by atoms with Crippen LogP contribution in [-0.4, -0.2) is 35.7 Å². The fourth-order valence-corrected chi connectivity index (χ4v) is 4.11. The van der Waals surface area contributed by atoms with Crippen LogP contribution in [0.3, 0.4) is 0 Å². The summed E-state index contributed by atoms with van der Waals surface area (Å²) in [4.78, 5) is 4.50. The normalized spacial score (nSPS) is 17.6. The molecule has 0 radical (unpaired) electrons. The largest absolute Gasteiger partial charge is 0.356 e. The van der Waals surface area contributed by atoms with E-state index in [0.29, 0.717) is 6.54 Å². The third kappa shape index (κ3) is 5.97. The fraction of sp³-hybridized carbons (Fsp3) is 0.440. The zero-order chi connectivity index (χ0) is 22.6. The monoisotopic (exact) mass is 449 g/mol. The molecule has 7 heteroatoms. The predicted molar refractivity (Wildman–Crippen MR) is 127 cm³/mol. The minimum atomic E-state index is -1.38. The first-order valence-corrected chi connectivity index (χ1v) is 14.7. The highest BCUT2D eigenvalue weighted by molar-refractivity contribution is 6.83. The SMILES string of the molecule is C[C@H](OC1CCCCO1)c1nccn1Cc1cc(-c2ccc(C#C[Si](C)(C)C)cc2)on1. The number of rotatable bonds is 6. The molecule has 0 spiro atoms. The molecule has 1 aromatic carbocycles. The Morgan fingerprint density at radius 1 is 1.22 bits per heavy atom. The molecule has 0 amide bonds. The maximum absolute atomic E-state index is 6.08. The summed E-state index contributed by atoms with van der Waals surface area (Å²) in [5.74, 6) is 4.88. The highest BCUT2D eigenvalue weighted by Crippen LogP contribution is 2.25. The molecule has 2 atom stereocenters. The lowest BCUT2D eigenvalue weighted by atomic mass is 10.1. The quantitative estimate of drug-likeness (QED) is 0.371. The number of hydrogen-bond acceptors (Lipinski definition) is 5. The molecule has 0 N–H and O–H groups in total. The third-order valence-electron chi connectivity index (χ3n) is 5.25. The molecule has 1 aliphatic heterocycles. The van der Waals surface area contributed by atoms with Crippen molar-refractivity contribution in [2.75, 3.05) is 6.61 Å². The predicted octanol–water partition coefficient (Wildman–Crippen LogP) is 5.42. The second-order valence-corrected chi connectivity index (χ2v) is 14.0. The van der Waals surface area contributed by atoms with Gasteiger partial charge in [-0.25, -0.2) is 4.98 Å². The Bertz CT molecular complexity index is 1080. The van der Waals surface area contributed by atoms with Gasteiger partial charge in [-0.2, -0.15) is 0 Å². The van der Waals surface area contributed by atoms with Gasteiger partial charge in [0, 0.05) is 36.2 Å². The number of ether oxygens (including phenoxy) is 2. The van der Waals surface area contributed by atoms with Crippen LogP contribution in [-0.2, 0) is 16.0 Å². The maximum atomic E-state index is 6.08. The summed E-state index contributed by atoms with van der Waals surface area (Å²) < 4.78 is 19.4. The standard InChI is InChI=1S/C25H31N3O3Si/c1-19(30-24-7-5-6-15-29-24)25-26-13-14-28(25)18-22-17-23(31-27-22)21-10-8-20(9-11-21)12-16-32(2,3)4/h8-11,13-14,17,19,24H,5-7,15,18H2,1-4H3/t19-,24?/m0/s1. The van der Waals surface area contributed by atoms with Crippen LogP contribution >= 0.6 is 0 Å². The van der Waals surface area contributed by atoms with E-state index in [-0.39, 0.29) is 12.4 Å². The zero-order valence-electron chi connectivity index (χ0n) is 19.3. The molecule has 0 saturated carbocycles. The number of imidazole rings is 1. The summed E-state index contributed by atoms with van der Waals surface area (Å²) in [5.41, 5.74) is 6.24. The van der Waals surface area contributed by atoms with E-state index in [1.54, 1.807) is 6.20 Å². The molecule has 2 aromatic heterocycles. The van der Waals surface area contributed by atoms with Crippen LogP contribution in [0.1, 0.15) is 49.4 Å². The molecule has 4 rings (SSSR count). The van der Waals surface area contributed by atoms with E-state index in [1.807, 2.05) is 48.0 Å². The van der Waals surface area contributed by atoms with Gasteiger partial charge in [0.25, 0.3) is 0 Å². The second kappa shape index (κ2) is 9.86. The van der Waals surface area contributed by atoms with E-state index in [4.69, 9.17) is 14.0 Å². The second-order valence-electron chi connectivity index (χ2n) is 9.25. The van der Waals surface area contributed by atoms with Crippen LogP contribution in [0.4, 0.5) is 0 Å². The lowest BCUT2D eigenvalue weighted by Gasteiger charge is -2.26. The van der Waals surface area contributed by atoms with Crippen molar-refractivity contribution in [3.63, 3.8) is 0 Å². The van der Waals surface area contributed by atoms with E-state index in [1.165, 1.54) is 0 Å². The van der Waals surface area contributed by atoms with Gasteiger partial charge < -0.3 is 18.6 Å². The summed E-state index contributed by atoms with van der Waals surface area (Å²) >= 11 is 0. The molecule has 1 aliphatic rings. The van der Waals surface area contributed by atoms with Crippen LogP contribution in [0.2, 0.25) is 19.6 Å². The summed E-state index contributed by atoms with van der Waals surface area (Å²) in [6.45, 7) is 10.1. The molecule has 0 aliphatic carbocycles. The highest BCUT2D eigenvalue weighted by Gasteiger charge is 2.21. The van der Waals surface area contributed by atoms with Crippen LogP contribution in [0.5, 0.6) is 0 Å². The van der Waals surface area contributed by atoms with Crippen molar-refractivity contribution in [2.45, 2.75) is 64.8 Å². The number of aromatic nitrogens is 3. The molecular weight excluding hydrogens is 418 g/mol. The summed E-state index contributed by atoms with van der Waals surface area (Å²) in [6, 6.07) is 10.1. The summed E-state index contributed by atoms with van der Waals surface area (Å²) in [6.07, 6.45) is 6.59. The van der Waals surface area contributed by atoms with E-state index in [2.05, 4.69) is 41.2 Å². The minimum absolute atomic E-state index is 0.152. The Hall–Kier alpha value is -2.66. The fourth-order valence-electron chi connectivity index (χ4n) is 3.59. The first kappa shape index (κ1) is 22.5. The van der Waals surface area contributed by atoms with Crippen molar-refractivity contribution in [2.24, 2.45) is 0 Å². The van der Waals surface area contributed by atoms with Gasteiger partial charge in [-0.1, -0.05) is 30.7 Å². The smallest absolute Gasteiger partial charge is 0.167 e. The molecule has 32 heavy (non-hydrogen) atoms. The average Bonchev–Trinajstić information content (AvgIpc) is 3.43. The molecule has 1 unspecified atom stereocenters. The van der Waals surface area contributed by atoms with E-state index >= 15 is 0 Å². The Kier molecular flexibility index (Phi) is 6.94. The third-order valence-corrected chi connectivity index (χ3v) is 6.12. The van der Waals surface area contributed by atoms with Gasteiger partial charge in [0.15, 0.2) is 12.1 Å². The number of hydrogen-bond donors (Lipinski definition) is 0. The van der Waals surface area contributed by atoms with Crippen molar-refractivity contribution in [1.82, 2.24) is 14.7 Å². The van der Waals surface area contributed by atoms with Gasteiger partial charge >= 0.3 is 0 Å². The molecule has 168 valence electrons. The Balaban J connectivity index is 1.42. The Morgan fingerprint density at radius 3 is 2.75 bits per heavy atom. The topological polar surface area (TPSA) is 62.3 Å². The lowest BCUT2D eigenvalue weighted by Crippen LogP contribution is -2.24. The van der Waals surface area contributed by atoms with Gasteiger partial charge in [-0.3, -0.25) is 0 Å².